The lowest BCUT2D eigenvalue weighted by Crippen LogP contribution is -2.31. The van der Waals surface area contributed by atoms with Crippen LogP contribution in [0.5, 0.6) is 0 Å². The van der Waals surface area contributed by atoms with E-state index in [1.165, 1.54) is 6.20 Å². The molecule has 1 amide bonds. The standard InChI is InChI=1S/C17H21N5O/c1-17(2,3)14(18)9-15(19-4)22-16(23)11-8-13-12(21-10-11)6-5-7-20-13/h5-10,18-19H,1-4H3,(H,22,23)/b15-9+,18-14?. The van der Waals surface area contributed by atoms with E-state index in [0.29, 0.717) is 22.6 Å². The van der Waals surface area contributed by atoms with Crippen molar-refractivity contribution in [3.63, 3.8) is 0 Å². The fraction of sp³-hybridized carbons (Fsp3) is 0.294. The van der Waals surface area contributed by atoms with E-state index in [4.69, 9.17) is 5.41 Å². The number of nitrogens with zero attached hydrogens (tertiary/aromatic N) is 2. The number of aromatic nitrogens is 2. The first-order valence-electron chi connectivity index (χ1n) is 7.32. The van der Waals surface area contributed by atoms with Crippen molar-refractivity contribution in [2.45, 2.75) is 20.8 Å². The molecule has 0 saturated carbocycles. The van der Waals surface area contributed by atoms with Gasteiger partial charge in [0.25, 0.3) is 5.91 Å². The van der Waals surface area contributed by atoms with Gasteiger partial charge in [-0.3, -0.25) is 14.8 Å². The molecule has 0 aliphatic carbocycles. The Kier molecular flexibility index (Phi) is 4.74. The highest BCUT2D eigenvalue weighted by molar-refractivity contribution is 6.00. The molecule has 23 heavy (non-hydrogen) atoms. The summed E-state index contributed by atoms with van der Waals surface area (Å²) in [6, 6.07) is 5.34. The monoisotopic (exact) mass is 311 g/mol. The topological polar surface area (TPSA) is 90.8 Å². The largest absolute Gasteiger partial charge is 0.375 e. The zero-order valence-electron chi connectivity index (χ0n) is 13.8. The number of hydrogen-bond donors (Lipinski definition) is 3. The van der Waals surface area contributed by atoms with Crippen LogP contribution in [0.3, 0.4) is 0 Å². The highest BCUT2D eigenvalue weighted by atomic mass is 16.1. The van der Waals surface area contributed by atoms with Gasteiger partial charge in [-0.05, 0) is 24.3 Å². The van der Waals surface area contributed by atoms with Crippen LogP contribution in [0.1, 0.15) is 31.1 Å². The minimum atomic E-state index is -0.299. The van der Waals surface area contributed by atoms with Crippen LogP contribution in [0, 0.1) is 10.8 Å². The molecule has 120 valence electrons. The summed E-state index contributed by atoms with van der Waals surface area (Å²) in [4.78, 5) is 20.8. The molecule has 2 rings (SSSR count). The Balaban J connectivity index is 2.21. The van der Waals surface area contributed by atoms with Crippen molar-refractivity contribution in [1.82, 2.24) is 20.6 Å². The summed E-state index contributed by atoms with van der Waals surface area (Å²) in [6.45, 7) is 5.83. The Hall–Kier alpha value is -2.76. The lowest BCUT2D eigenvalue weighted by Gasteiger charge is -2.18. The average molecular weight is 311 g/mol. The summed E-state index contributed by atoms with van der Waals surface area (Å²) in [7, 11) is 1.70. The van der Waals surface area contributed by atoms with Crippen molar-refractivity contribution in [3.05, 3.63) is 48.1 Å². The van der Waals surface area contributed by atoms with E-state index in [-0.39, 0.29) is 11.3 Å². The third kappa shape index (κ3) is 4.12. The molecule has 0 aliphatic rings. The van der Waals surface area contributed by atoms with Crippen molar-refractivity contribution < 1.29 is 4.79 Å². The van der Waals surface area contributed by atoms with E-state index in [0.717, 1.165) is 5.52 Å². The first-order chi connectivity index (χ1) is 10.8. The molecule has 3 N–H and O–H groups in total. The van der Waals surface area contributed by atoms with E-state index in [9.17, 15) is 4.79 Å². The van der Waals surface area contributed by atoms with Gasteiger partial charge < -0.3 is 16.0 Å². The molecule has 2 aromatic heterocycles. The molecule has 0 bridgehead atoms. The smallest absolute Gasteiger partial charge is 0.258 e. The Morgan fingerprint density at radius 2 is 2.00 bits per heavy atom. The lowest BCUT2D eigenvalue weighted by atomic mass is 9.90. The molecule has 0 aliphatic heterocycles. The maximum atomic E-state index is 12.4. The molecule has 0 saturated heterocycles. The van der Waals surface area contributed by atoms with Gasteiger partial charge in [-0.2, -0.15) is 0 Å². The Morgan fingerprint density at radius 3 is 2.65 bits per heavy atom. The fourth-order valence-corrected chi connectivity index (χ4v) is 1.80. The van der Waals surface area contributed by atoms with Gasteiger partial charge in [-0.15, -0.1) is 0 Å². The highest BCUT2D eigenvalue weighted by Crippen LogP contribution is 2.16. The number of amides is 1. The summed E-state index contributed by atoms with van der Waals surface area (Å²) in [5.74, 6) is 0.170. The second-order valence-corrected chi connectivity index (χ2v) is 6.19. The molecule has 2 aromatic rings. The summed E-state index contributed by atoms with van der Waals surface area (Å²) in [5.41, 5.74) is 1.95. The Morgan fingerprint density at radius 1 is 1.26 bits per heavy atom. The molecule has 0 fully saturated rings. The van der Waals surface area contributed by atoms with Crippen LogP contribution >= 0.6 is 0 Å². The lowest BCUT2D eigenvalue weighted by molar-refractivity contribution is 0.0963. The Labute approximate surface area is 135 Å². The van der Waals surface area contributed by atoms with Gasteiger partial charge in [0.05, 0.1) is 16.6 Å². The maximum absolute atomic E-state index is 12.4. The van der Waals surface area contributed by atoms with Crippen LogP contribution in [0.4, 0.5) is 0 Å². The van der Waals surface area contributed by atoms with Crippen LogP contribution in [0.25, 0.3) is 11.0 Å². The van der Waals surface area contributed by atoms with Gasteiger partial charge in [-0.1, -0.05) is 20.8 Å². The molecular weight excluding hydrogens is 290 g/mol. The van der Waals surface area contributed by atoms with Crippen LogP contribution in [0.15, 0.2) is 42.5 Å². The van der Waals surface area contributed by atoms with Crippen molar-refractivity contribution in [2.75, 3.05) is 7.05 Å². The van der Waals surface area contributed by atoms with E-state index < -0.39 is 0 Å². The molecule has 0 aromatic carbocycles. The third-order valence-corrected chi connectivity index (χ3v) is 3.33. The quantitative estimate of drug-likeness (QED) is 0.757. The van der Waals surface area contributed by atoms with Crippen LogP contribution in [-0.4, -0.2) is 28.6 Å². The molecule has 0 spiro atoms. The predicted octanol–water partition coefficient (Wildman–Crippen LogP) is 2.49. The van der Waals surface area contributed by atoms with Gasteiger partial charge in [0.15, 0.2) is 0 Å². The number of allylic oxidation sites excluding steroid dienone is 1. The van der Waals surface area contributed by atoms with E-state index in [1.807, 2.05) is 26.8 Å². The predicted molar refractivity (Wildman–Crippen MR) is 91.3 cm³/mol. The summed E-state index contributed by atoms with van der Waals surface area (Å²) >= 11 is 0. The van der Waals surface area contributed by atoms with Crippen molar-refractivity contribution >= 4 is 22.7 Å². The molecule has 2 heterocycles. The summed E-state index contributed by atoms with van der Waals surface area (Å²) < 4.78 is 0. The van der Waals surface area contributed by atoms with E-state index in [1.54, 1.807) is 31.5 Å². The minimum Gasteiger partial charge on any atom is -0.375 e. The van der Waals surface area contributed by atoms with Crippen molar-refractivity contribution in [1.29, 1.82) is 5.41 Å². The molecular formula is C17H21N5O. The Bertz CT molecular complexity index is 774. The molecule has 0 unspecified atom stereocenters. The van der Waals surface area contributed by atoms with Gasteiger partial charge in [0, 0.05) is 30.6 Å². The normalized spacial score (nSPS) is 12.1. The number of carbonyl (C=O) groups excluding carboxylic acids is 1. The summed E-state index contributed by atoms with van der Waals surface area (Å²) in [5, 5.41) is 13.7. The first-order valence-corrected chi connectivity index (χ1v) is 7.32. The fourth-order valence-electron chi connectivity index (χ4n) is 1.80. The molecule has 6 heteroatoms. The van der Waals surface area contributed by atoms with Crippen LogP contribution in [0.2, 0.25) is 0 Å². The van der Waals surface area contributed by atoms with Gasteiger partial charge in [0.1, 0.15) is 5.82 Å². The SMILES string of the molecule is CN/C(=C\C(=N)C(C)(C)C)NC(=O)c1cnc2cccnc2c1. The molecule has 6 nitrogen and oxygen atoms in total. The van der Waals surface area contributed by atoms with E-state index >= 15 is 0 Å². The molecule has 0 atom stereocenters. The average Bonchev–Trinajstić information content (AvgIpc) is 2.52. The summed E-state index contributed by atoms with van der Waals surface area (Å²) in [6.07, 6.45) is 4.79. The number of pyridine rings is 2. The third-order valence-electron chi connectivity index (χ3n) is 3.33. The number of hydrogen-bond acceptors (Lipinski definition) is 5. The number of nitrogens with one attached hydrogen (secondary N) is 3. The van der Waals surface area contributed by atoms with Gasteiger partial charge in [-0.25, -0.2) is 0 Å². The second-order valence-electron chi connectivity index (χ2n) is 6.19. The van der Waals surface area contributed by atoms with Crippen molar-refractivity contribution in [3.8, 4) is 0 Å². The van der Waals surface area contributed by atoms with Gasteiger partial charge in [0.2, 0.25) is 0 Å². The van der Waals surface area contributed by atoms with E-state index in [2.05, 4.69) is 20.6 Å². The molecule has 0 radical (unpaired) electrons. The first kappa shape index (κ1) is 16.6. The second kappa shape index (κ2) is 6.56. The number of carbonyl (C=O) groups is 1. The van der Waals surface area contributed by atoms with Crippen LogP contribution < -0.4 is 10.6 Å². The number of rotatable bonds is 4. The van der Waals surface area contributed by atoms with Crippen LogP contribution in [-0.2, 0) is 0 Å². The van der Waals surface area contributed by atoms with Gasteiger partial charge >= 0.3 is 0 Å². The highest BCUT2D eigenvalue weighted by Gasteiger charge is 2.16. The maximum Gasteiger partial charge on any atom is 0.258 e. The minimum absolute atomic E-state index is 0.290. The van der Waals surface area contributed by atoms with Crippen molar-refractivity contribution in [2.24, 2.45) is 5.41 Å². The number of fused-ring (bicyclic) bond motifs is 1. The zero-order chi connectivity index (χ0) is 17.0. The zero-order valence-corrected chi connectivity index (χ0v) is 13.8.